The van der Waals surface area contributed by atoms with E-state index < -0.39 is 10.0 Å². The number of hydrogen-bond donors (Lipinski definition) is 1. The van der Waals surface area contributed by atoms with Crippen molar-refractivity contribution in [3.8, 4) is 11.3 Å². The summed E-state index contributed by atoms with van der Waals surface area (Å²) in [5, 5.41) is 3.68. The molecule has 1 aliphatic heterocycles. The molecule has 1 aliphatic rings. The van der Waals surface area contributed by atoms with Crippen molar-refractivity contribution >= 4 is 50.7 Å². The number of rotatable bonds is 5. The number of sulfonamides is 1. The average molecular weight is 461 g/mol. The van der Waals surface area contributed by atoms with Crippen LogP contribution in [0, 0.1) is 0 Å². The van der Waals surface area contributed by atoms with Crippen molar-refractivity contribution in [3.63, 3.8) is 0 Å². The van der Waals surface area contributed by atoms with E-state index in [1.54, 1.807) is 43.3 Å². The molecular weight excluding hydrogens is 444 g/mol. The van der Waals surface area contributed by atoms with Crippen LogP contribution < -0.4 is 9.62 Å². The first-order chi connectivity index (χ1) is 14.4. The topological polar surface area (TPSA) is 92.3 Å². The van der Waals surface area contributed by atoms with E-state index in [4.69, 9.17) is 11.6 Å². The van der Waals surface area contributed by atoms with Crippen molar-refractivity contribution in [2.75, 3.05) is 21.9 Å². The Hall–Kier alpha value is -2.62. The highest BCUT2D eigenvalue weighted by Gasteiger charge is 2.35. The maximum atomic E-state index is 13.0. The first kappa shape index (κ1) is 20.6. The van der Waals surface area contributed by atoms with Gasteiger partial charge in [-0.2, -0.15) is 0 Å². The van der Waals surface area contributed by atoms with Crippen molar-refractivity contribution in [2.24, 2.45) is 0 Å². The maximum Gasteiger partial charge on any atom is 0.268 e. The summed E-state index contributed by atoms with van der Waals surface area (Å²) in [6.07, 6.45) is 1.32. The number of thioether (sulfide) groups is 1. The lowest BCUT2D eigenvalue weighted by Gasteiger charge is -2.30. The number of benzene rings is 2. The van der Waals surface area contributed by atoms with Crippen LogP contribution in [-0.2, 0) is 14.8 Å². The van der Waals surface area contributed by atoms with E-state index in [0.717, 1.165) is 17.3 Å². The molecule has 1 aromatic heterocycles. The molecule has 0 bridgehead atoms. The molecule has 1 amide bonds. The van der Waals surface area contributed by atoms with E-state index in [-0.39, 0.29) is 16.6 Å². The van der Waals surface area contributed by atoms with Crippen LogP contribution in [0.1, 0.15) is 6.92 Å². The van der Waals surface area contributed by atoms with Gasteiger partial charge in [0.15, 0.2) is 5.16 Å². The summed E-state index contributed by atoms with van der Waals surface area (Å²) in [5.41, 5.74) is 2.30. The number of para-hydroxylation sites is 1. The SMILES string of the molecule is CCN1c2ccccc2-c2nc(SCC(=O)Nc3ccc(Cl)cc3)ncc2S1(=O)=O. The summed E-state index contributed by atoms with van der Waals surface area (Å²) in [7, 11) is -3.73. The fourth-order valence-corrected chi connectivity index (χ4v) is 5.47. The molecule has 10 heteroatoms. The van der Waals surface area contributed by atoms with E-state index in [0.29, 0.717) is 33.8 Å². The Morgan fingerprint density at radius 3 is 2.63 bits per heavy atom. The second kappa shape index (κ2) is 8.25. The molecule has 0 aliphatic carbocycles. The third kappa shape index (κ3) is 3.88. The predicted molar refractivity (Wildman–Crippen MR) is 118 cm³/mol. The number of amides is 1. The van der Waals surface area contributed by atoms with Crippen molar-refractivity contribution in [3.05, 3.63) is 59.8 Å². The quantitative estimate of drug-likeness (QED) is 0.456. The van der Waals surface area contributed by atoms with E-state index in [9.17, 15) is 13.2 Å². The molecule has 1 N–H and O–H groups in total. The minimum absolute atomic E-state index is 0.0676. The molecule has 30 heavy (non-hydrogen) atoms. The van der Waals surface area contributed by atoms with Gasteiger partial charge in [-0.1, -0.05) is 41.6 Å². The predicted octanol–water partition coefficient (Wildman–Crippen LogP) is 4.06. The fourth-order valence-electron chi connectivity index (χ4n) is 3.15. The number of nitrogens with one attached hydrogen (secondary N) is 1. The van der Waals surface area contributed by atoms with E-state index >= 15 is 0 Å². The van der Waals surface area contributed by atoms with Gasteiger partial charge in [0.2, 0.25) is 5.91 Å². The van der Waals surface area contributed by atoms with Gasteiger partial charge in [-0.05, 0) is 37.3 Å². The highest BCUT2D eigenvalue weighted by Crippen LogP contribution is 2.41. The summed E-state index contributed by atoms with van der Waals surface area (Å²) in [6, 6.07) is 14.0. The van der Waals surface area contributed by atoms with Crippen LogP contribution in [0.3, 0.4) is 0 Å². The zero-order chi connectivity index (χ0) is 21.3. The largest absolute Gasteiger partial charge is 0.325 e. The van der Waals surface area contributed by atoms with Crippen LogP contribution in [0.15, 0.2) is 64.8 Å². The third-order valence-corrected chi connectivity index (χ3v) is 7.48. The van der Waals surface area contributed by atoms with Gasteiger partial charge in [0, 0.05) is 22.8 Å². The van der Waals surface area contributed by atoms with E-state index in [2.05, 4.69) is 15.3 Å². The summed E-state index contributed by atoms with van der Waals surface area (Å²) in [6.45, 7) is 2.09. The summed E-state index contributed by atoms with van der Waals surface area (Å²) in [4.78, 5) is 20.9. The molecule has 3 aromatic rings. The Kier molecular flexibility index (Phi) is 5.68. The number of carbonyl (C=O) groups is 1. The zero-order valence-electron chi connectivity index (χ0n) is 15.9. The van der Waals surface area contributed by atoms with Gasteiger partial charge in [0.1, 0.15) is 4.90 Å². The Bertz CT molecular complexity index is 1220. The van der Waals surface area contributed by atoms with Crippen molar-refractivity contribution < 1.29 is 13.2 Å². The number of halogens is 1. The summed E-state index contributed by atoms with van der Waals surface area (Å²) < 4.78 is 27.3. The molecule has 4 rings (SSSR count). The lowest BCUT2D eigenvalue weighted by molar-refractivity contribution is -0.113. The van der Waals surface area contributed by atoms with Crippen LogP contribution in [-0.4, -0.2) is 36.6 Å². The first-order valence-electron chi connectivity index (χ1n) is 9.07. The van der Waals surface area contributed by atoms with Crippen molar-refractivity contribution in [1.29, 1.82) is 0 Å². The smallest absolute Gasteiger partial charge is 0.268 e. The van der Waals surface area contributed by atoms with Crippen LogP contribution >= 0.6 is 23.4 Å². The molecule has 0 radical (unpaired) electrons. The minimum Gasteiger partial charge on any atom is -0.325 e. The molecule has 0 spiro atoms. The molecule has 154 valence electrons. The van der Waals surface area contributed by atoms with Gasteiger partial charge in [-0.25, -0.2) is 18.4 Å². The second-order valence-corrected chi connectivity index (χ2v) is 9.61. The van der Waals surface area contributed by atoms with Crippen molar-refractivity contribution in [2.45, 2.75) is 17.0 Å². The third-order valence-electron chi connectivity index (χ3n) is 4.48. The van der Waals surface area contributed by atoms with E-state index in [1.165, 1.54) is 10.5 Å². The van der Waals surface area contributed by atoms with Crippen LogP contribution in [0.25, 0.3) is 11.3 Å². The first-order valence-corrected chi connectivity index (χ1v) is 11.9. The normalized spacial score (nSPS) is 14.0. The van der Waals surface area contributed by atoms with Crippen LogP contribution in [0.4, 0.5) is 11.4 Å². The molecule has 2 heterocycles. The van der Waals surface area contributed by atoms with Gasteiger partial charge >= 0.3 is 0 Å². The zero-order valence-corrected chi connectivity index (χ0v) is 18.3. The van der Waals surface area contributed by atoms with E-state index in [1.807, 2.05) is 12.1 Å². The number of nitrogens with zero attached hydrogens (tertiary/aromatic N) is 3. The highest BCUT2D eigenvalue weighted by atomic mass is 35.5. The lowest BCUT2D eigenvalue weighted by atomic mass is 10.1. The molecular formula is C20H17ClN4O3S2. The molecule has 0 unspecified atom stereocenters. The molecule has 0 saturated carbocycles. The van der Waals surface area contributed by atoms with Gasteiger partial charge in [-0.3, -0.25) is 9.10 Å². The maximum absolute atomic E-state index is 13.0. The van der Waals surface area contributed by atoms with Gasteiger partial charge < -0.3 is 5.32 Å². The molecule has 0 atom stereocenters. The molecule has 0 fully saturated rings. The standard InChI is InChI=1S/C20H17ClN4O3S2/c1-2-25-16-6-4-3-5-15(16)19-17(30(25,27)28)11-22-20(24-19)29-12-18(26)23-14-9-7-13(21)8-10-14/h3-11H,2,12H2,1H3,(H,23,26). The second-order valence-electron chi connectivity index (χ2n) is 6.40. The Balaban J connectivity index is 1.57. The lowest BCUT2D eigenvalue weighted by Crippen LogP contribution is -2.34. The average Bonchev–Trinajstić information content (AvgIpc) is 2.74. The highest BCUT2D eigenvalue weighted by molar-refractivity contribution is 7.99. The minimum atomic E-state index is -3.73. The number of hydrogen-bond acceptors (Lipinski definition) is 6. The molecule has 2 aromatic carbocycles. The number of anilines is 2. The van der Waals surface area contributed by atoms with Gasteiger partial charge in [0.05, 0.1) is 23.3 Å². The van der Waals surface area contributed by atoms with Gasteiger partial charge in [-0.15, -0.1) is 0 Å². The Morgan fingerprint density at radius 2 is 1.90 bits per heavy atom. The molecule has 0 saturated heterocycles. The monoisotopic (exact) mass is 460 g/mol. The number of fused-ring (bicyclic) bond motifs is 3. The van der Waals surface area contributed by atoms with Crippen molar-refractivity contribution in [1.82, 2.24) is 9.97 Å². The Morgan fingerprint density at radius 1 is 1.17 bits per heavy atom. The summed E-state index contributed by atoms with van der Waals surface area (Å²) >= 11 is 6.98. The molecule has 7 nitrogen and oxygen atoms in total. The van der Waals surface area contributed by atoms with Gasteiger partial charge in [0.25, 0.3) is 10.0 Å². The Labute approximate surface area is 183 Å². The van der Waals surface area contributed by atoms with Crippen LogP contribution in [0.2, 0.25) is 5.02 Å². The van der Waals surface area contributed by atoms with Crippen LogP contribution in [0.5, 0.6) is 0 Å². The fraction of sp³-hybridized carbons (Fsp3) is 0.150. The summed E-state index contributed by atoms with van der Waals surface area (Å²) in [5.74, 6) is -0.148. The number of aromatic nitrogens is 2. The number of carbonyl (C=O) groups excluding carboxylic acids is 1.